The molecule has 1 aromatic heterocycles. The van der Waals surface area contributed by atoms with Gasteiger partial charge >= 0.3 is 5.97 Å². The number of rotatable bonds is 4. The van der Waals surface area contributed by atoms with Gasteiger partial charge in [-0.2, -0.15) is 0 Å². The lowest BCUT2D eigenvalue weighted by Gasteiger charge is -2.03. The van der Waals surface area contributed by atoms with Crippen molar-refractivity contribution >= 4 is 27.3 Å². The highest BCUT2D eigenvalue weighted by Crippen LogP contribution is 2.22. The second-order valence-corrected chi connectivity index (χ2v) is 4.93. The second-order valence-electron chi connectivity index (χ2n) is 2.40. The van der Waals surface area contributed by atoms with Crippen LogP contribution in [-0.2, 0) is 19.6 Å². The zero-order valence-corrected chi connectivity index (χ0v) is 9.65. The van der Waals surface area contributed by atoms with Gasteiger partial charge in [-0.25, -0.2) is 13.2 Å². The Kier molecular flexibility index (Phi) is 3.80. The summed E-state index contributed by atoms with van der Waals surface area (Å²) in [4.78, 5) is 17.2. The van der Waals surface area contributed by atoms with Gasteiger partial charge in [-0.15, -0.1) is 11.3 Å². The van der Waals surface area contributed by atoms with Crippen LogP contribution in [0.1, 0.15) is 9.67 Å². The monoisotopic (exact) mass is 251 g/mol. The quantitative estimate of drug-likeness (QED) is 0.617. The van der Waals surface area contributed by atoms with Crippen LogP contribution in [0.4, 0.5) is 0 Å². The summed E-state index contributed by atoms with van der Waals surface area (Å²) < 4.78 is 27.4. The molecule has 84 valence electrons. The average Bonchev–Trinajstić information content (AvgIpc) is 2.65. The van der Waals surface area contributed by atoms with Crippen LogP contribution in [0.15, 0.2) is 16.3 Å². The van der Waals surface area contributed by atoms with Gasteiger partial charge in [-0.05, 0) is 11.4 Å². The van der Waals surface area contributed by atoms with Gasteiger partial charge in [0.1, 0.15) is 9.77 Å². The maximum Gasteiger partial charge on any atom is 0.349 e. The summed E-state index contributed by atoms with van der Waals surface area (Å²) >= 11 is 0.986. The largest absolute Gasteiger partial charge is 0.465 e. The first-order chi connectivity index (χ1) is 7.03. The first-order valence-electron chi connectivity index (χ1n) is 3.73. The van der Waals surface area contributed by atoms with Crippen molar-refractivity contribution in [3.8, 4) is 0 Å². The number of esters is 1. The summed E-state index contributed by atoms with van der Waals surface area (Å²) in [5, 5.41) is 1.48. The predicted molar refractivity (Wildman–Crippen MR) is 53.0 cm³/mol. The van der Waals surface area contributed by atoms with Gasteiger partial charge in [-0.3, -0.25) is 4.84 Å². The van der Waals surface area contributed by atoms with Gasteiger partial charge in [0.25, 0.3) is 10.0 Å². The molecule has 0 saturated heterocycles. The van der Waals surface area contributed by atoms with Gasteiger partial charge in [0.15, 0.2) is 0 Å². The van der Waals surface area contributed by atoms with Crippen LogP contribution in [0.3, 0.4) is 0 Å². The summed E-state index contributed by atoms with van der Waals surface area (Å²) in [5.74, 6) is -0.693. The first-order valence-corrected chi connectivity index (χ1v) is 6.10. The molecule has 0 unspecified atom stereocenters. The molecule has 0 bridgehead atoms. The van der Waals surface area contributed by atoms with Crippen molar-refractivity contribution in [1.29, 1.82) is 0 Å². The number of methoxy groups -OCH3 is 1. The number of carbonyl (C=O) groups excluding carboxylic acids is 1. The van der Waals surface area contributed by atoms with Crippen molar-refractivity contribution < 1.29 is 22.8 Å². The number of thiophene rings is 1. The molecule has 1 aromatic rings. The van der Waals surface area contributed by atoms with E-state index in [1.807, 2.05) is 4.89 Å². The minimum atomic E-state index is -3.82. The number of carbonyl (C=O) groups is 1. The highest BCUT2D eigenvalue weighted by molar-refractivity contribution is 7.89. The van der Waals surface area contributed by atoms with E-state index in [0.717, 1.165) is 11.3 Å². The molecule has 0 spiro atoms. The Balaban J connectivity index is 3.16. The average molecular weight is 251 g/mol. The van der Waals surface area contributed by atoms with Gasteiger partial charge in [0.05, 0.1) is 14.2 Å². The Bertz CT molecular complexity index is 450. The molecule has 0 aliphatic carbocycles. The number of nitrogens with one attached hydrogen (secondary N) is 1. The van der Waals surface area contributed by atoms with E-state index in [-0.39, 0.29) is 9.77 Å². The Morgan fingerprint density at radius 2 is 2.13 bits per heavy atom. The van der Waals surface area contributed by atoms with Gasteiger partial charge in [0.2, 0.25) is 0 Å². The van der Waals surface area contributed by atoms with E-state index in [1.54, 1.807) is 0 Å². The van der Waals surface area contributed by atoms with Crippen LogP contribution < -0.4 is 4.89 Å². The molecule has 0 fully saturated rings. The van der Waals surface area contributed by atoms with E-state index < -0.39 is 16.0 Å². The molecule has 1 N–H and O–H groups in total. The van der Waals surface area contributed by atoms with Crippen LogP contribution in [-0.4, -0.2) is 28.6 Å². The van der Waals surface area contributed by atoms with E-state index in [0.29, 0.717) is 0 Å². The minimum Gasteiger partial charge on any atom is -0.465 e. The fraction of sp³-hybridized carbons (Fsp3) is 0.286. The molecule has 0 aliphatic rings. The number of hydrogen-bond acceptors (Lipinski definition) is 6. The van der Waals surface area contributed by atoms with Crippen molar-refractivity contribution in [3.63, 3.8) is 0 Å². The Morgan fingerprint density at radius 3 is 2.67 bits per heavy atom. The predicted octanol–water partition coefficient (Wildman–Crippen LogP) is 0.374. The number of ether oxygens (including phenoxy) is 1. The third kappa shape index (κ3) is 2.53. The summed E-state index contributed by atoms with van der Waals surface area (Å²) in [6, 6.07) is 1.30. The highest BCUT2D eigenvalue weighted by atomic mass is 32.2. The summed E-state index contributed by atoms with van der Waals surface area (Å²) in [6.07, 6.45) is 0. The molecule has 0 aliphatic heterocycles. The molecule has 15 heavy (non-hydrogen) atoms. The summed E-state index contributed by atoms with van der Waals surface area (Å²) in [6.45, 7) is 0. The topological polar surface area (TPSA) is 81.7 Å². The van der Waals surface area contributed by atoms with E-state index in [1.165, 1.54) is 25.7 Å². The highest BCUT2D eigenvalue weighted by Gasteiger charge is 2.24. The third-order valence-electron chi connectivity index (χ3n) is 1.48. The molecule has 1 heterocycles. The zero-order valence-electron chi connectivity index (χ0n) is 8.01. The lowest BCUT2D eigenvalue weighted by atomic mass is 10.5. The van der Waals surface area contributed by atoms with Crippen LogP contribution >= 0.6 is 11.3 Å². The van der Waals surface area contributed by atoms with Crippen LogP contribution in [0, 0.1) is 0 Å². The van der Waals surface area contributed by atoms with E-state index >= 15 is 0 Å². The van der Waals surface area contributed by atoms with Crippen LogP contribution in [0.25, 0.3) is 0 Å². The number of hydrogen-bond donors (Lipinski definition) is 1. The lowest BCUT2D eigenvalue weighted by molar-refractivity contribution is 0.0602. The fourth-order valence-electron chi connectivity index (χ4n) is 0.905. The standard InChI is InChI=1S/C7H9NO5S2/c1-12-7(9)6-5(3-4-14-6)15(10,11)8-13-2/h3-4,8H,1-2H3. The maximum absolute atomic E-state index is 11.5. The van der Waals surface area contributed by atoms with Crippen molar-refractivity contribution in [1.82, 2.24) is 4.89 Å². The minimum absolute atomic E-state index is 0.0158. The zero-order chi connectivity index (χ0) is 11.5. The molecular formula is C7H9NO5S2. The summed E-state index contributed by atoms with van der Waals surface area (Å²) in [5.41, 5.74) is 0. The van der Waals surface area contributed by atoms with Crippen molar-refractivity contribution in [3.05, 3.63) is 16.3 Å². The Morgan fingerprint density at radius 1 is 1.47 bits per heavy atom. The second kappa shape index (κ2) is 4.71. The Hall–Kier alpha value is -0.960. The molecule has 0 aromatic carbocycles. The first kappa shape index (κ1) is 12.1. The van der Waals surface area contributed by atoms with E-state index in [4.69, 9.17) is 0 Å². The van der Waals surface area contributed by atoms with E-state index in [2.05, 4.69) is 9.57 Å². The molecular weight excluding hydrogens is 242 g/mol. The maximum atomic E-state index is 11.5. The third-order valence-corrected chi connectivity index (χ3v) is 3.81. The molecule has 0 radical (unpaired) electrons. The fourth-order valence-corrected chi connectivity index (χ4v) is 3.05. The molecule has 8 heteroatoms. The molecule has 6 nitrogen and oxygen atoms in total. The SMILES string of the molecule is CONS(=O)(=O)c1ccsc1C(=O)OC. The van der Waals surface area contributed by atoms with E-state index in [9.17, 15) is 13.2 Å². The Labute approximate surface area is 90.8 Å². The normalized spacial score (nSPS) is 11.3. The molecule has 1 rings (SSSR count). The van der Waals surface area contributed by atoms with Gasteiger partial charge in [-0.1, -0.05) is 4.89 Å². The van der Waals surface area contributed by atoms with Crippen LogP contribution in [0.2, 0.25) is 0 Å². The molecule has 0 saturated carbocycles. The molecule has 0 amide bonds. The number of sulfonamides is 1. The smallest absolute Gasteiger partial charge is 0.349 e. The van der Waals surface area contributed by atoms with Crippen molar-refractivity contribution in [2.75, 3.05) is 14.2 Å². The van der Waals surface area contributed by atoms with Gasteiger partial charge < -0.3 is 4.74 Å². The van der Waals surface area contributed by atoms with Crippen molar-refractivity contribution in [2.45, 2.75) is 4.90 Å². The van der Waals surface area contributed by atoms with Gasteiger partial charge in [0, 0.05) is 0 Å². The molecule has 0 atom stereocenters. The summed E-state index contributed by atoms with van der Waals surface area (Å²) in [7, 11) is -1.46. The lowest BCUT2D eigenvalue weighted by Crippen LogP contribution is -2.23. The van der Waals surface area contributed by atoms with Crippen molar-refractivity contribution in [2.24, 2.45) is 0 Å². The van der Waals surface area contributed by atoms with Crippen LogP contribution in [0.5, 0.6) is 0 Å².